The average Bonchev–Trinajstić information content (AvgIpc) is 3.09. The molecule has 2 aromatic carbocycles. The van der Waals surface area contributed by atoms with Crippen LogP contribution in [0.2, 0.25) is 15.1 Å². The molecule has 0 spiro atoms. The molecule has 0 saturated heterocycles. The minimum Gasteiger partial charge on any atom is -0.493 e. The summed E-state index contributed by atoms with van der Waals surface area (Å²) in [7, 11) is 1.56. The van der Waals surface area contributed by atoms with Gasteiger partial charge >= 0.3 is 0 Å². The standard InChI is InChI=1S/C19H17Cl3N4O2S/c1-3-17-24-25-19(29)26(17)23-9-11-4-7-15(16(8-11)27-2)28-10-12-13(20)5-6-14(21)18(12)22/h4-9H,3,10H2,1-2H3,(H,25,29)/b23-9-. The molecule has 3 aromatic rings. The lowest BCUT2D eigenvalue weighted by Crippen LogP contribution is -2.01. The predicted octanol–water partition coefficient (Wildman–Crippen LogP) is 5.93. The van der Waals surface area contributed by atoms with E-state index in [9.17, 15) is 0 Å². The Hall–Kier alpha value is -2.06. The Morgan fingerprint density at radius 1 is 1.17 bits per heavy atom. The van der Waals surface area contributed by atoms with Gasteiger partial charge in [-0.2, -0.15) is 14.9 Å². The van der Waals surface area contributed by atoms with Gasteiger partial charge in [-0.15, -0.1) is 0 Å². The van der Waals surface area contributed by atoms with Gasteiger partial charge in [-0.05, 0) is 48.1 Å². The Labute approximate surface area is 188 Å². The number of ether oxygens (including phenoxy) is 2. The number of rotatable bonds is 7. The highest BCUT2D eigenvalue weighted by Gasteiger charge is 2.12. The molecule has 0 aliphatic carbocycles. The lowest BCUT2D eigenvalue weighted by molar-refractivity contribution is 0.284. The SMILES string of the molecule is CCc1n[nH]c(=S)n1/N=C\c1ccc(OCc2c(Cl)ccc(Cl)c2Cl)c(OC)c1. The monoisotopic (exact) mass is 470 g/mol. The van der Waals surface area contributed by atoms with Gasteiger partial charge in [0, 0.05) is 17.0 Å². The quantitative estimate of drug-likeness (QED) is 0.263. The number of methoxy groups -OCH3 is 1. The summed E-state index contributed by atoms with van der Waals surface area (Å²) in [6.07, 6.45) is 2.37. The Morgan fingerprint density at radius 2 is 1.93 bits per heavy atom. The molecule has 6 nitrogen and oxygen atoms in total. The van der Waals surface area contributed by atoms with E-state index < -0.39 is 0 Å². The average molecular weight is 472 g/mol. The zero-order valence-corrected chi connectivity index (χ0v) is 18.7. The topological polar surface area (TPSA) is 64.4 Å². The molecule has 0 atom stereocenters. The maximum Gasteiger partial charge on any atom is 0.216 e. The molecule has 1 aromatic heterocycles. The molecule has 3 rings (SSSR count). The molecular weight excluding hydrogens is 455 g/mol. The highest BCUT2D eigenvalue weighted by atomic mass is 35.5. The van der Waals surface area contributed by atoms with E-state index >= 15 is 0 Å². The van der Waals surface area contributed by atoms with Gasteiger partial charge in [0.1, 0.15) is 6.61 Å². The van der Waals surface area contributed by atoms with Crippen LogP contribution in [0.15, 0.2) is 35.4 Å². The van der Waals surface area contributed by atoms with Crippen molar-refractivity contribution in [1.29, 1.82) is 0 Å². The van der Waals surface area contributed by atoms with Crippen molar-refractivity contribution in [3.05, 3.63) is 67.1 Å². The summed E-state index contributed by atoms with van der Waals surface area (Å²) in [4.78, 5) is 0. The van der Waals surface area contributed by atoms with Gasteiger partial charge in [0.25, 0.3) is 0 Å². The van der Waals surface area contributed by atoms with Gasteiger partial charge in [0.2, 0.25) is 4.77 Å². The maximum absolute atomic E-state index is 6.23. The number of aromatic amines is 1. The van der Waals surface area contributed by atoms with Gasteiger partial charge in [0.05, 0.1) is 23.4 Å². The van der Waals surface area contributed by atoms with Crippen LogP contribution in [0.25, 0.3) is 0 Å². The summed E-state index contributed by atoms with van der Waals surface area (Å²) in [5, 5.41) is 12.5. The Morgan fingerprint density at radius 3 is 2.66 bits per heavy atom. The highest BCUT2D eigenvalue weighted by Crippen LogP contribution is 2.34. The minimum atomic E-state index is 0.145. The van der Waals surface area contributed by atoms with Gasteiger partial charge in [-0.1, -0.05) is 41.7 Å². The molecule has 0 aliphatic rings. The fraction of sp³-hybridized carbons (Fsp3) is 0.211. The number of hydrogen-bond donors (Lipinski definition) is 1. The van der Waals surface area contributed by atoms with Crippen LogP contribution in [0, 0.1) is 4.77 Å². The lowest BCUT2D eigenvalue weighted by atomic mass is 10.2. The van der Waals surface area contributed by atoms with Crippen LogP contribution in [-0.2, 0) is 13.0 Å². The van der Waals surface area contributed by atoms with Crippen molar-refractivity contribution in [2.45, 2.75) is 20.0 Å². The molecule has 10 heteroatoms. The third kappa shape index (κ3) is 4.93. The van der Waals surface area contributed by atoms with Crippen LogP contribution in [-0.4, -0.2) is 28.2 Å². The van der Waals surface area contributed by atoms with Gasteiger partial charge in [-0.25, -0.2) is 0 Å². The number of H-pyrrole nitrogens is 1. The van der Waals surface area contributed by atoms with Crippen LogP contribution in [0.4, 0.5) is 0 Å². The Balaban J connectivity index is 1.81. The van der Waals surface area contributed by atoms with Crippen LogP contribution >= 0.6 is 47.0 Å². The normalized spacial score (nSPS) is 11.2. The van der Waals surface area contributed by atoms with Crippen molar-refractivity contribution in [2.75, 3.05) is 7.11 Å². The largest absolute Gasteiger partial charge is 0.493 e. The Bertz CT molecular complexity index is 1110. The van der Waals surface area contributed by atoms with Gasteiger partial charge in [-0.3, -0.25) is 5.10 Å². The highest BCUT2D eigenvalue weighted by molar-refractivity contribution is 7.71. The van der Waals surface area contributed by atoms with E-state index in [0.717, 1.165) is 11.4 Å². The second-order valence-corrected chi connectivity index (χ2v) is 7.45. The first-order chi connectivity index (χ1) is 13.9. The smallest absolute Gasteiger partial charge is 0.216 e. The number of nitrogens with one attached hydrogen (secondary N) is 1. The molecule has 0 radical (unpaired) electrons. The predicted molar refractivity (Wildman–Crippen MR) is 119 cm³/mol. The third-order valence-electron chi connectivity index (χ3n) is 4.05. The number of aromatic nitrogens is 3. The summed E-state index contributed by atoms with van der Waals surface area (Å²) >= 11 is 23.7. The summed E-state index contributed by atoms with van der Waals surface area (Å²) in [5.74, 6) is 1.81. The van der Waals surface area contributed by atoms with Gasteiger partial charge < -0.3 is 9.47 Å². The number of benzene rings is 2. The van der Waals surface area contributed by atoms with Crippen molar-refractivity contribution in [3.8, 4) is 11.5 Å². The first-order valence-corrected chi connectivity index (χ1v) is 10.1. The number of nitrogens with zero attached hydrogens (tertiary/aromatic N) is 3. The first kappa shape index (κ1) is 21.6. The van der Waals surface area contributed by atoms with Crippen molar-refractivity contribution >= 4 is 53.2 Å². The van der Waals surface area contributed by atoms with Crippen LogP contribution in [0.3, 0.4) is 0 Å². The van der Waals surface area contributed by atoms with Crippen molar-refractivity contribution in [3.63, 3.8) is 0 Å². The van der Waals surface area contributed by atoms with Gasteiger partial charge in [0.15, 0.2) is 17.3 Å². The summed E-state index contributed by atoms with van der Waals surface area (Å²) in [6, 6.07) is 8.74. The third-order valence-corrected chi connectivity index (χ3v) is 5.52. The summed E-state index contributed by atoms with van der Waals surface area (Å²) < 4.78 is 13.3. The molecule has 0 aliphatic heterocycles. The summed E-state index contributed by atoms with van der Waals surface area (Å²) in [5.41, 5.74) is 1.41. The van der Waals surface area contributed by atoms with Crippen molar-refractivity contribution < 1.29 is 9.47 Å². The number of aryl methyl sites for hydroxylation is 1. The molecule has 1 heterocycles. The second-order valence-electron chi connectivity index (χ2n) is 5.88. The van der Waals surface area contributed by atoms with Crippen molar-refractivity contribution in [2.24, 2.45) is 5.10 Å². The number of halogens is 3. The van der Waals surface area contributed by atoms with Crippen LogP contribution < -0.4 is 9.47 Å². The van der Waals surface area contributed by atoms with E-state index in [2.05, 4.69) is 15.3 Å². The molecular formula is C19H17Cl3N4O2S. The second kappa shape index (κ2) is 9.63. The molecule has 1 N–H and O–H groups in total. The lowest BCUT2D eigenvalue weighted by Gasteiger charge is -2.13. The molecule has 0 fully saturated rings. The molecule has 29 heavy (non-hydrogen) atoms. The van der Waals surface area contributed by atoms with E-state index in [1.54, 1.807) is 42.3 Å². The summed E-state index contributed by atoms with van der Waals surface area (Å²) in [6.45, 7) is 2.12. The van der Waals surface area contributed by atoms with E-state index in [4.69, 9.17) is 56.5 Å². The van der Waals surface area contributed by atoms with E-state index in [1.165, 1.54) is 0 Å². The van der Waals surface area contributed by atoms with Crippen LogP contribution in [0.1, 0.15) is 23.9 Å². The van der Waals surface area contributed by atoms with E-state index in [-0.39, 0.29) is 6.61 Å². The minimum absolute atomic E-state index is 0.145. The number of hydrogen-bond acceptors (Lipinski definition) is 5. The molecule has 0 amide bonds. The molecule has 152 valence electrons. The molecule has 0 bridgehead atoms. The van der Waals surface area contributed by atoms with Crippen molar-refractivity contribution in [1.82, 2.24) is 14.9 Å². The first-order valence-electron chi connectivity index (χ1n) is 8.58. The van der Waals surface area contributed by atoms with E-state index in [0.29, 0.717) is 43.3 Å². The molecule has 0 unspecified atom stereocenters. The van der Waals surface area contributed by atoms with Crippen LogP contribution in [0.5, 0.6) is 11.5 Å². The zero-order valence-electron chi connectivity index (χ0n) is 15.6. The Kier molecular flexibility index (Phi) is 7.18. The maximum atomic E-state index is 6.23. The fourth-order valence-electron chi connectivity index (χ4n) is 2.53. The fourth-order valence-corrected chi connectivity index (χ4v) is 3.39. The molecule has 0 saturated carbocycles. The zero-order chi connectivity index (χ0) is 21.0. The van der Waals surface area contributed by atoms with E-state index in [1.807, 2.05) is 13.0 Å².